The summed E-state index contributed by atoms with van der Waals surface area (Å²) in [6.07, 6.45) is 1.35. The van der Waals surface area contributed by atoms with Gasteiger partial charge in [-0.05, 0) is 6.08 Å². The maximum Gasteiger partial charge on any atom is 0.318 e. The van der Waals surface area contributed by atoms with E-state index in [2.05, 4.69) is 0 Å². The lowest BCUT2D eigenvalue weighted by molar-refractivity contribution is -0.132. The molecule has 0 saturated carbocycles. The summed E-state index contributed by atoms with van der Waals surface area (Å²) >= 11 is 0.881. The minimum atomic E-state index is -1.06. The molecule has 1 radical (unpaired) electrons. The molecule has 4 nitrogen and oxygen atoms in total. The Bertz CT molecular complexity index is 155. The first-order valence-electron chi connectivity index (χ1n) is 2.84. The van der Waals surface area contributed by atoms with Crippen molar-refractivity contribution in [3.8, 4) is 0 Å². The van der Waals surface area contributed by atoms with Crippen LogP contribution in [0.15, 0.2) is 11.0 Å². The molecule has 63 valence electrons. The molecule has 3 N–H and O–H groups in total. The van der Waals surface area contributed by atoms with Gasteiger partial charge in [0.25, 0.3) is 0 Å². The van der Waals surface area contributed by atoms with E-state index in [1.54, 1.807) is 0 Å². The van der Waals surface area contributed by atoms with Crippen LogP contribution in [0.5, 0.6) is 0 Å². The number of carboxylic acid groups (broad SMARTS) is 1. The Balaban J connectivity index is 3.69. The van der Waals surface area contributed by atoms with Gasteiger partial charge in [0.1, 0.15) is 5.75 Å². The predicted octanol–water partition coefficient (Wildman–Crippen LogP) is -0.166. The van der Waals surface area contributed by atoms with E-state index in [1.807, 2.05) is 0 Å². The molecule has 0 heterocycles. The van der Waals surface area contributed by atoms with Crippen LogP contribution in [0, 0.1) is 5.75 Å². The zero-order valence-electron chi connectivity index (χ0n) is 5.73. The Morgan fingerprint density at radius 3 is 2.45 bits per heavy atom. The standard InChI is InChI=1S/C6H9O4S/c7-2-1-5(3-8)11-4-6(9)10/h1,4,7-8H,2-3H2,(H,9,10)/b5-1+. The van der Waals surface area contributed by atoms with Crippen molar-refractivity contribution in [1.29, 1.82) is 0 Å². The molecule has 0 aliphatic carbocycles. The highest BCUT2D eigenvalue weighted by Crippen LogP contribution is 2.17. The van der Waals surface area contributed by atoms with Gasteiger partial charge in [-0.25, -0.2) is 0 Å². The molecule has 0 unspecified atom stereocenters. The average molecular weight is 177 g/mol. The van der Waals surface area contributed by atoms with E-state index in [9.17, 15) is 4.79 Å². The fraction of sp³-hybridized carbons (Fsp3) is 0.333. The van der Waals surface area contributed by atoms with Crippen LogP contribution in [0.2, 0.25) is 0 Å². The minimum Gasteiger partial charge on any atom is -0.480 e. The van der Waals surface area contributed by atoms with Gasteiger partial charge in [-0.3, -0.25) is 4.79 Å². The van der Waals surface area contributed by atoms with Gasteiger partial charge in [0.15, 0.2) is 0 Å². The first-order chi connectivity index (χ1) is 5.20. The second-order valence-corrected chi connectivity index (χ2v) is 2.58. The first kappa shape index (κ1) is 10.5. The molecule has 0 atom stereocenters. The summed E-state index contributed by atoms with van der Waals surface area (Å²) < 4.78 is 0. The van der Waals surface area contributed by atoms with Crippen LogP contribution in [0.1, 0.15) is 0 Å². The number of carbonyl (C=O) groups is 1. The van der Waals surface area contributed by atoms with E-state index in [0.717, 1.165) is 17.5 Å². The van der Waals surface area contributed by atoms with Gasteiger partial charge in [-0.2, -0.15) is 0 Å². The molecule has 0 bridgehead atoms. The number of aliphatic carboxylic acids is 1. The predicted molar refractivity (Wildman–Crippen MR) is 41.8 cm³/mol. The maximum absolute atomic E-state index is 9.98. The molecule has 0 aromatic heterocycles. The molecule has 0 fully saturated rings. The molecule has 0 aromatic carbocycles. The van der Waals surface area contributed by atoms with Crippen molar-refractivity contribution >= 4 is 17.7 Å². The monoisotopic (exact) mass is 177 g/mol. The summed E-state index contributed by atoms with van der Waals surface area (Å²) in [7, 11) is 0. The highest BCUT2D eigenvalue weighted by Gasteiger charge is 2.01. The second-order valence-electron chi connectivity index (χ2n) is 1.59. The Morgan fingerprint density at radius 1 is 1.45 bits per heavy atom. The van der Waals surface area contributed by atoms with Crippen molar-refractivity contribution < 1.29 is 20.1 Å². The van der Waals surface area contributed by atoms with Gasteiger partial charge < -0.3 is 15.3 Å². The number of hydrogen-bond acceptors (Lipinski definition) is 4. The van der Waals surface area contributed by atoms with Crippen molar-refractivity contribution in [3.63, 3.8) is 0 Å². The van der Waals surface area contributed by atoms with E-state index in [-0.39, 0.29) is 13.2 Å². The Labute approximate surface area is 68.5 Å². The Morgan fingerprint density at radius 2 is 2.09 bits per heavy atom. The van der Waals surface area contributed by atoms with Gasteiger partial charge in [-0.1, -0.05) is 0 Å². The van der Waals surface area contributed by atoms with E-state index >= 15 is 0 Å². The number of thioether (sulfide) groups is 1. The quantitative estimate of drug-likeness (QED) is 0.543. The fourth-order valence-electron chi connectivity index (χ4n) is 0.378. The summed E-state index contributed by atoms with van der Waals surface area (Å²) in [6, 6.07) is 0. The van der Waals surface area contributed by atoms with E-state index in [0.29, 0.717) is 4.91 Å². The smallest absolute Gasteiger partial charge is 0.318 e. The fourth-order valence-corrected chi connectivity index (χ4v) is 0.875. The number of carboxylic acids is 1. The van der Waals surface area contributed by atoms with Crippen molar-refractivity contribution in [1.82, 2.24) is 0 Å². The summed E-state index contributed by atoms with van der Waals surface area (Å²) in [5.74, 6) is -0.121. The van der Waals surface area contributed by atoms with Crippen molar-refractivity contribution in [3.05, 3.63) is 16.7 Å². The largest absolute Gasteiger partial charge is 0.480 e. The normalized spacial score (nSPS) is 11.6. The van der Waals surface area contributed by atoms with Crippen molar-refractivity contribution in [2.24, 2.45) is 0 Å². The van der Waals surface area contributed by atoms with Gasteiger partial charge in [0.2, 0.25) is 0 Å². The molecule has 0 rings (SSSR count). The van der Waals surface area contributed by atoms with Crippen LogP contribution < -0.4 is 0 Å². The topological polar surface area (TPSA) is 77.8 Å². The summed E-state index contributed by atoms with van der Waals surface area (Å²) in [6.45, 7) is -0.453. The highest BCUT2D eigenvalue weighted by molar-refractivity contribution is 8.05. The van der Waals surface area contributed by atoms with Gasteiger partial charge in [0, 0.05) is 4.91 Å². The molecule has 11 heavy (non-hydrogen) atoms. The lowest BCUT2D eigenvalue weighted by atomic mass is 10.5. The number of aliphatic hydroxyl groups excluding tert-OH is 2. The van der Waals surface area contributed by atoms with Crippen LogP contribution in [0.3, 0.4) is 0 Å². The van der Waals surface area contributed by atoms with Crippen LogP contribution in [-0.4, -0.2) is 34.5 Å². The highest BCUT2D eigenvalue weighted by atomic mass is 32.2. The molecule has 0 aliphatic rings. The summed E-state index contributed by atoms with van der Waals surface area (Å²) in [5.41, 5.74) is 0. The number of hydrogen-bond donors (Lipinski definition) is 3. The third kappa shape index (κ3) is 5.90. The third-order valence-corrected chi connectivity index (χ3v) is 1.70. The van der Waals surface area contributed by atoms with Gasteiger partial charge in [-0.15, -0.1) is 11.8 Å². The molecule has 0 saturated heterocycles. The zero-order chi connectivity index (χ0) is 8.69. The molecular weight excluding hydrogens is 168 g/mol. The van der Waals surface area contributed by atoms with Crippen LogP contribution in [0.25, 0.3) is 0 Å². The molecule has 0 spiro atoms. The zero-order valence-corrected chi connectivity index (χ0v) is 6.54. The Kier molecular flexibility index (Phi) is 5.91. The molecule has 5 heteroatoms. The van der Waals surface area contributed by atoms with Crippen LogP contribution in [0.4, 0.5) is 0 Å². The van der Waals surface area contributed by atoms with Gasteiger partial charge >= 0.3 is 5.97 Å². The first-order valence-corrected chi connectivity index (χ1v) is 3.72. The molecular formula is C6H9O4S. The van der Waals surface area contributed by atoms with Gasteiger partial charge in [0.05, 0.1) is 13.2 Å². The SMILES string of the molecule is O=C(O)[CH]S/C(=C/CO)CO. The van der Waals surface area contributed by atoms with Crippen molar-refractivity contribution in [2.75, 3.05) is 13.2 Å². The average Bonchev–Trinajstić information content (AvgIpc) is 1.97. The second kappa shape index (κ2) is 6.21. The third-order valence-electron chi connectivity index (χ3n) is 0.786. The number of rotatable bonds is 5. The summed E-state index contributed by atoms with van der Waals surface area (Å²) in [4.78, 5) is 10.4. The molecule has 0 aromatic rings. The van der Waals surface area contributed by atoms with Crippen molar-refractivity contribution in [2.45, 2.75) is 0 Å². The number of aliphatic hydroxyl groups is 2. The lowest BCUT2D eigenvalue weighted by Crippen LogP contribution is -1.94. The van der Waals surface area contributed by atoms with E-state index in [4.69, 9.17) is 15.3 Å². The Hall–Kier alpha value is -0.520. The van der Waals surface area contributed by atoms with E-state index < -0.39 is 5.97 Å². The molecule has 0 aliphatic heterocycles. The summed E-state index contributed by atoms with van der Waals surface area (Å²) in [5, 5.41) is 25.1. The lowest BCUT2D eigenvalue weighted by Gasteiger charge is -1.98. The minimum absolute atomic E-state index is 0.198. The van der Waals surface area contributed by atoms with E-state index in [1.165, 1.54) is 6.08 Å². The van der Waals surface area contributed by atoms with Crippen LogP contribution >= 0.6 is 11.8 Å². The van der Waals surface area contributed by atoms with Crippen LogP contribution in [-0.2, 0) is 4.79 Å². The maximum atomic E-state index is 9.98. The molecule has 0 amide bonds.